The van der Waals surface area contributed by atoms with Crippen LogP contribution >= 0.6 is 23.2 Å². The standard InChI is InChI=1S/C10H8Cl2O/c1-7(4-5-13)9-3-2-8(11)6-10(9)12/h2-6H,1H3/b7-4+. The number of hydrogen-bond acceptors (Lipinski definition) is 1. The number of carbonyl (C=O) groups excluding carboxylic acids is 1. The molecular formula is C10H8Cl2O. The molecule has 0 saturated heterocycles. The van der Waals surface area contributed by atoms with Crippen LogP contribution < -0.4 is 0 Å². The van der Waals surface area contributed by atoms with Gasteiger partial charge in [-0.25, -0.2) is 0 Å². The van der Waals surface area contributed by atoms with Gasteiger partial charge in [0.15, 0.2) is 0 Å². The third kappa shape index (κ3) is 2.58. The molecule has 0 aliphatic carbocycles. The molecule has 0 amide bonds. The first-order valence-electron chi connectivity index (χ1n) is 3.72. The highest BCUT2D eigenvalue weighted by Gasteiger charge is 2.01. The summed E-state index contributed by atoms with van der Waals surface area (Å²) in [6, 6.07) is 5.19. The highest BCUT2D eigenvalue weighted by atomic mass is 35.5. The number of allylic oxidation sites excluding steroid dienone is 2. The lowest BCUT2D eigenvalue weighted by Gasteiger charge is -2.03. The van der Waals surface area contributed by atoms with Gasteiger partial charge in [0.25, 0.3) is 0 Å². The number of halogens is 2. The predicted molar refractivity (Wildman–Crippen MR) is 56.2 cm³/mol. The lowest BCUT2D eigenvalue weighted by atomic mass is 10.1. The van der Waals surface area contributed by atoms with Gasteiger partial charge in [-0.1, -0.05) is 29.3 Å². The molecular weight excluding hydrogens is 207 g/mol. The molecule has 1 aromatic rings. The summed E-state index contributed by atoms with van der Waals surface area (Å²) in [7, 11) is 0. The van der Waals surface area contributed by atoms with E-state index in [1.165, 1.54) is 6.08 Å². The van der Waals surface area contributed by atoms with Crippen LogP contribution in [0.25, 0.3) is 5.57 Å². The molecule has 0 aliphatic heterocycles. The Balaban J connectivity index is 3.15. The van der Waals surface area contributed by atoms with Crippen LogP contribution in [0.2, 0.25) is 10.0 Å². The number of hydrogen-bond donors (Lipinski definition) is 0. The van der Waals surface area contributed by atoms with Gasteiger partial charge in [0.2, 0.25) is 0 Å². The molecule has 68 valence electrons. The maximum absolute atomic E-state index is 10.2. The van der Waals surface area contributed by atoms with E-state index in [9.17, 15) is 4.79 Å². The zero-order valence-electron chi connectivity index (χ0n) is 7.05. The Morgan fingerprint density at radius 3 is 2.62 bits per heavy atom. The molecule has 0 aliphatic rings. The topological polar surface area (TPSA) is 17.1 Å². The Hall–Kier alpha value is -0.790. The fraction of sp³-hybridized carbons (Fsp3) is 0.100. The first kappa shape index (κ1) is 10.3. The number of carbonyl (C=O) groups is 1. The van der Waals surface area contributed by atoms with Crippen LogP contribution in [-0.4, -0.2) is 6.29 Å². The molecule has 0 radical (unpaired) electrons. The predicted octanol–water partition coefficient (Wildman–Crippen LogP) is 3.60. The largest absolute Gasteiger partial charge is 0.299 e. The zero-order valence-corrected chi connectivity index (χ0v) is 8.56. The monoisotopic (exact) mass is 214 g/mol. The maximum atomic E-state index is 10.2. The second-order valence-electron chi connectivity index (χ2n) is 2.61. The normalized spacial score (nSPS) is 11.5. The second kappa shape index (κ2) is 4.45. The third-order valence-corrected chi connectivity index (χ3v) is 2.22. The molecule has 1 nitrogen and oxygen atoms in total. The Bertz CT molecular complexity index is 356. The van der Waals surface area contributed by atoms with Crippen molar-refractivity contribution in [2.75, 3.05) is 0 Å². The van der Waals surface area contributed by atoms with Gasteiger partial charge in [-0.2, -0.15) is 0 Å². The minimum absolute atomic E-state index is 0.558. The van der Waals surface area contributed by atoms with E-state index in [1.807, 2.05) is 6.92 Å². The second-order valence-corrected chi connectivity index (χ2v) is 3.45. The lowest BCUT2D eigenvalue weighted by Crippen LogP contribution is -1.82. The lowest BCUT2D eigenvalue weighted by molar-refractivity contribution is -0.104. The van der Waals surface area contributed by atoms with Gasteiger partial charge in [-0.15, -0.1) is 0 Å². The van der Waals surface area contributed by atoms with Crippen molar-refractivity contribution >= 4 is 35.1 Å². The van der Waals surface area contributed by atoms with E-state index in [1.54, 1.807) is 18.2 Å². The first-order valence-corrected chi connectivity index (χ1v) is 4.48. The van der Waals surface area contributed by atoms with Gasteiger partial charge < -0.3 is 0 Å². The Labute approximate surface area is 87.0 Å². The molecule has 3 heteroatoms. The molecule has 0 heterocycles. The number of aldehydes is 1. The summed E-state index contributed by atoms with van der Waals surface area (Å²) >= 11 is 11.6. The Morgan fingerprint density at radius 1 is 1.38 bits per heavy atom. The van der Waals surface area contributed by atoms with Crippen LogP contribution in [0, 0.1) is 0 Å². The van der Waals surface area contributed by atoms with E-state index in [4.69, 9.17) is 23.2 Å². The Morgan fingerprint density at radius 2 is 2.08 bits per heavy atom. The summed E-state index contributed by atoms with van der Waals surface area (Å²) in [5, 5.41) is 1.15. The summed E-state index contributed by atoms with van der Waals surface area (Å²) < 4.78 is 0. The molecule has 13 heavy (non-hydrogen) atoms. The molecule has 1 aromatic carbocycles. The third-order valence-electron chi connectivity index (χ3n) is 1.67. The van der Waals surface area contributed by atoms with E-state index >= 15 is 0 Å². The van der Waals surface area contributed by atoms with Gasteiger partial charge >= 0.3 is 0 Å². The van der Waals surface area contributed by atoms with Crippen LogP contribution in [0.5, 0.6) is 0 Å². The zero-order chi connectivity index (χ0) is 9.84. The maximum Gasteiger partial charge on any atom is 0.143 e. The van der Waals surface area contributed by atoms with Crippen molar-refractivity contribution < 1.29 is 4.79 Å². The summed E-state index contributed by atoms with van der Waals surface area (Å²) in [5.74, 6) is 0. The minimum Gasteiger partial charge on any atom is -0.299 e. The van der Waals surface area contributed by atoms with Crippen molar-refractivity contribution in [2.24, 2.45) is 0 Å². The van der Waals surface area contributed by atoms with Gasteiger partial charge in [0, 0.05) is 10.0 Å². The van der Waals surface area contributed by atoms with E-state index in [2.05, 4.69) is 0 Å². The molecule has 0 atom stereocenters. The van der Waals surface area contributed by atoms with Crippen LogP contribution in [0.4, 0.5) is 0 Å². The van der Waals surface area contributed by atoms with Crippen molar-refractivity contribution in [1.29, 1.82) is 0 Å². The van der Waals surface area contributed by atoms with E-state index < -0.39 is 0 Å². The SMILES string of the molecule is C/C(=C\C=O)c1ccc(Cl)cc1Cl. The fourth-order valence-electron chi connectivity index (χ4n) is 1.00. The van der Waals surface area contributed by atoms with Crippen LogP contribution in [0.1, 0.15) is 12.5 Å². The fourth-order valence-corrected chi connectivity index (χ4v) is 1.56. The molecule has 0 N–H and O–H groups in total. The van der Waals surface area contributed by atoms with Crippen LogP contribution in [0.3, 0.4) is 0 Å². The van der Waals surface area contributed by atoms with Crippen molar-refractivity contribution in [1.82, 2.24) is 0 Å². The molecule has 0 fully saturated rings. The minimum atomic E-state index is 0.558. The van der Waals surface area contributed by atoms with Crippen molar-refractivity contribution in [2.45, 2.75) is 6.92 Å². The van der Waals surface area contributed by atoms with Gasteiger partial charge in [-0.3, -0.25) is 4.79 Å². The summed E-state index contributed by atoms with van der Waals surface area (Å²) in [5.41, 5.74) is 1.66. The quantitative estimate of drug-likeness (QED) is 0.544. The van der Waals surface area contributed by atoms with Gasteiger partial charge in [0.05, 0.1) is 0 Å². The summed E-state index contributed by atoms with van der Waals surface area (Å²) in [6.45, 7) is 1.82. The highest BCUT2D eigenvalue weighted by molar-refractivity contribution is 6.35. The molecule has 0 unspecified atom stereocenters. The summed E-state index contributed by atoms with van der Waals surface area (Å²) in [4.78, 5) is 10.2. The van der Waals surface area contributed by atoms with E-state index in [-0.39, 0.29) is 0 Å². The van der Waals surface area contributed by atoms with Crippen LogP contribution in [-0.2, 0) is 4.79 Å². The highest BCUT2D eigenvalue weighted by Crippen LogP contribution is 2.26. The van der Waals surface area contributed by atoms with Crippen molar-refractivity contribution in [3.05, 3.63) is 39.9 Å². The van der Waals surface area contributed by atoms with Crippen molar-refractivity contribution in [3.8, 4) is 0 Å². The molecule has 0 bridgehead atoms. The first-order chi connectivity index (χ1) is 6.15. The molecule has 0 spiro atoms. The average molecular weight is 215 g/mol. The number of rotatable bonds is 2. The number of benzene rings is 1. The van der Waals surface area contributed by atoms with E-state index in [0.29, 0.717) is 10.0 Å². The van der Waals surface area contributed by atoms with Crippen molar-refractivity contribution in [3.63, 3.8) is 0 Å². The van der Waals surface area contributed by atoms with Gasteiger partial charge in [-0.05, 0) is 36.3 Å². The molecule has 0 aromatic heterocycles. The van der Waals surface area contributed by atoms with Crippen LogP contribution in [0.15, 0.2) is 24.3 Å². The van der Waals surface area contributed by atoms with E-state index in [0.717, 1.165) is 17.4 Å². The smallest absolute Gasteiger partial charge is 0.143 e. The Kier molecular flexibility index (Phi) is 3.52. The molecule has 0 saturated carbocycles. The average Bonchev–Trinajstić information content (AvgIpc) is 2.04. The van der Waals surface area contributed by atoms with Gasteiger partial charge in [0.1, 0.15) is 6.29 Å². The molecule has 1 rings (SSSR count). The summed E-state index contributed by atoms with van der Waals surface area (Å²) in [6.07, 6.45) is 2.20.